The maximum atomic E-state index is 12.8. The Bertz CT molecular complexity index is 831. The van der Waals surface area contributed by atoms with Gasteiger partial charge in [-0.05, 0) is 37.5 Å². The van der Waals surface area contributed by atoms with Crippen molar-refractivity contribution in [3.8, 4) is 0 Å². The van der Waals surface area contributed by atoms with Crippen LogP contribution >= 0.6 is 0 Å². The van der Waals surface area contributed by atoms with Gasteiger partial charge in [0.05, 0.1) is 11.7 Å². The Morgan fingerprint density at radius 2 is 2.13 bits per heavy atom. The molecule has 3 aromatic rings. The van der Waals surface area contributed by atoms with Gasteiger partial charge in [-0.25, -0.2) is 9.97 Å². The van der Waals surface area contributed by atoms with Crippen LogP contribution in [0.15, 0.2) is 43.0 Å². The van der Waals surface area contributed by atoms with Crippen LogP contribution in [0, 0.1) is 0 Å². The molecule has 3 aromatic heterocycles. The number of hydrogen-bond acceptors (Lipinski definition) is 5. The minimum absolute atomic E-state index is 0.0417. The number of carbonyl (C=O) groups is 1. The third kappa shape index (κ3) is 2.54. The van der Waals surface area contributed by atoms with Crippen LogP contribution in [0.2, 0.25) is 0 Å². The molecule has 1 aliphatic rings. The Hall–Kier alpha value is -2.83. The minimum Gasteiger partial charge on any atom is -0.329 e. The first-order valence-corrected chi connectivity index (χ1v) is 7.71. The molecule has 116 valence electrons. The Kier molecular flexibility index (Phi) is 3.45. The molecule has 0 saturated carbocycles. The van der Waals surface area contributed by atoms with Crippen molar-refractivity contribution in [1.29, 1.82) is 0 Å². The number of piperidine rings is 1. The van der Waals surface area contributed by atoms with E-state index in [-0.39, 0.29) is 11.9 Å². The van der Waals surface area contributed by atoms with Crippen molar-refractivity contribution in [2.24, 2.45) is 0 Å². The van der Waals surface area contributed by atoms with Gasteiger partial charge in [-0.1, -0.05) is 0 Å². The second-order valence-electron chi connectivity index (χ2n) is 5.61. The van der Waals surface area contributed by atoms with Crippen molar-refractivity contribution in [3.63, 3.8) is 0 Å². The first kappa shape index (κ1) is 13.8. The van der Waals surface area contributed by atoms with E-state index in [9.17, 15) is 4.79 Å². The van der Waals surface area contributed by atoms with Gasteiger partial charge < -0.3 is 4.90 Å². The molecule has 23 heavy (non-hydrogen) atoms. The smallest absolute Gasteiger partial charge is 0.274 e. The summed E-state index contributed by atoms with van der Waals surface area (Å²) in [4.78, 5) is 23.5. The monoisotopic (exact) mass is 308 g/mol. The number of fused-ring (bicyclic) bond motifs is 1. The largest absolute Gasteiger partial charge is 0.329 e. The van der Waals surface area contributed by atoms with E-state index in [0.717, 1.165) is 25.0 Å². The van der Waals surface area contributed by atoms with Crippen molar-refractivity contribution in [1.82, 2.24) is 29.5 Å². The molecule has 1 fully saturated rings. The summed E-state index contributed by atoms with van der Waals surface area (Å²) in [6.07, 6.45) is 10.0. The van der Waals surface area contributed by atoms with Crippen LogP contribution in [0.3, 0.4) is 0 Å². The lowest BCUT2D eigenvalue weighted by Gasteiger charge is -2.35. The summed E-state index contributed by atoms with van der Waals surface area (Å²) < 4.78 is 1.86. The highest BCUT2D eigenvalue weighted by Crippen LogP contribution is 2.30. The van der Waals surface area contributed by atoms with Gasteiger partial charge in [0.2, 0.25) is 5.78 Å². The Balaban J connectivity index is 1.68. The van der Waals surface area contributed by atoms with Crippen molar-refractivity contribution in [2.75, 3.05) is 6.54 Å². The number of rotatable bonds is 2. The fourth-order valence-electron chi connectivity index (χ4n) is 3.05. The zero-order valence-electron chi connectivity index (χ0n) is 12.5. The zero-order chi connectivity index (χ0) is 15.6. The highest BCUT2D eigenvalue weighted by Gasteiger charge is 2.30. The fourth-order valence-corrected chi connectivity index (χ4v) is 3.05. The lowest BCUT2D eigenvalue weighted by Crippen LogP contribution is -2.39. The van der Waals surface area contributed by atoms with Crippen LogP contribution < -0.4 is 0 Å². The SMILES string of the molecule is O=C(c1cccnn1)N1CCCC[C@H]1c1ccn2ccnc2n1. The number of likely N-dealkylation sites (tertiary alicyclic amines) is 1. The number of hydrogen-bond donors (Lipinski definition) is 0. The van der Waals surface area contributed by atoms with Gasteiger partial charge in [0.25, 0.3) is 5.91 Å². The van der Waals surface area contributed by atoms with Crippen LogP contribution in [0.4, 0.5) is 0 Å². The highest BCUT2D eigenvalue weighted by atomic mass is 16.2. The molecule has 1 saturated heterocycles. The molecular weight excluding hydrogens is 292 g/mol. The van der Waals surface area contributed by atoms with Crippen LogP contribution in [0.25, 0.3) is 5.78 Å². The topological polar surface area (TPSA) is 76.3 Å². The normalized spacial score (nSPS) is 18.3. The maximum absolute atomic E-state index is 12.8. The van der Waals surface area contributed by atoms with Crippen molar-refractivity contribution in [3.05, 3.63) is 54.4 Å². The van der Waals surface area contributed by atoms with Crippen molar-refractivity contribution >= 4 is 11.7 Å². The molecule has 0 aliphatic carbocycles. The predicted octanol–water partition coefficient (Wildman–Crippen LogP) is 1.89. The van der Waals surface area contributed by atoms with Crippen molar-refractivity contribution < 1.29 is 4.79 Å². The number of aromatic nitrogens is 5. The third-order valence-corrected chi connectivity index (χ3v) is 4.18. The van der Waals surface area contributed by atoms with Gasteiger partial charge in [0.1, 0.15) is 0 Å². The van der Waals surface area contributed by atoms with Crippen LogP contribution in [0.5, 0.6) is 0 Å². The lowest BCUT2D eigenvalue weighted by molar-refractivity contribution is 0.0599. The number of amides is 1. The van der Waals surface area contributed by atoms with E-state index in [4.69, 9.17) is 0 Å². The molecule has 0 N–H and O–H groups in total. The first-order valence-electron chi connectivity index (χ1n) is 7.71. The van der Waals surface area contributed by atoms with Crippen LogP contribution in [-0.4, -0.2) is 41.9 Å². The van der Waals surface area contributed by atoms with E-state index in [1.165, 1.54) is 0 Å². The van der Waals surface area contributed by atoms with Gasteiger partial charge in [0, 0.05) is 31.3 Å². The quantitative estimate of drug-likeness (QED) is 0.722. The molecule has 1 amide bonds. The minimum atomic E-state index is -0.0900. The van der Waals surface area contributed by atoms with E-state index in [2.05, 4.69) is 20.2 Å². The summed E-state index contributed by atoms with van der Waals surface area (Å²) >= 11 is 0. The predicted molar refractivity (Wildman–Crippen MR) is 82.6 cm³/mol. The van der Waals surface area contributed by atoms with Gasteiger partial charge >= 0.3 is 0 Å². The standard InChI is InChI=1S/C16H16N6O/c23-15(13-4-3-7-18-20-13)22-9-2-1-5-14(22)12-6-10-21-11-8-17-16(21)19-12/h3-4,6-8,10-11,14H,1-2,5,9H2/t14-/m0/s1. The molecule has 4 rings (SSSR count). The van der Waals surface area contributed by atoms with Gasteiger partial charge in [-0.3, -0.25) is 9.20 Å². The third-order valence-electron chi connectivity index (χ3n) is 4.18. The molecule has 4 heterocycles. The number of imidazole rings is 1. The lowest BCUT2D eigenvalue weighted by atomic mass is 9.98. The molecule has 1 aliphatic heterocycles. The molecule has 0 bridgehead atoms. The summed E-state index contributed by atoms with van der Waals surface area (Å²) in [6, 6.07) is 5.35. The Labute approximate surface area is 133 Å². The highest BCUT2D eigenvalue weighted by molar-refractivity contribution is 5.92. The van der Waals surface area contributed by atoms with Gasteiger partial charge in [0.15, 0.2) is 5.69 Å². The van der Waals surface area contributed by atoms with Crippen LogP contribution in [0.1, 0.15) is 41.5 Å². The molecule has 1 atom stereocenters. The summed E-state index contributed by atoms with van der Waals surface area (Å²) in [5.74, 6) is 0.563. The molecule has 0 radical (unpaired) electrons. The van der Waals surface area contributed by atoms with E-state index in [1.807, 2.05) is 27.8 Å². The Morgan fingerprint density at radius 3 is 3.00 bits per heavy atom. The summed E-state index contributed by atoms with van der Waals surface area (Å²) in [7, 11) is 0. The van der Waals surface area contributed by atoms with E-state index in [1.54, 1.807) is 24.5 Å². The molecule has 7 heteroatoms. The van der Waals surface area contributed by atoms with E-state index >= 15 is 0 Å². The number of carbonyl (C=O) groups excluding carboxylic acids is 1. The van der Waals surface area contributed by atoms with E-state index < -0.39 is 0 Å². The molecule has 0 unspecified atom stereocenters. The zero-order valence-corrected chi connectivity index (χ0v) is 12.5. The van der Waals surface area contributed by atoms with Gasteiger partial charge in [-0.15, -0.1) is 5.10 Å². The summed E-state index contributed by atoms with van der Waals surface area (Å²) in [6.45, 7) is 0.710. The molecule has 7 nitrogen and oxygen atoms in total. The maximum Gasteiger partial charge on any atom is 0.274 e. The molecule has 0 aromatic carbocycles. The van der Waals surface area contributed by atoms with Crippen LogP contribution in [-0.2, 0) is 0 Å². The van der Waals surface area contributed by atoms with Gasteiger partial charge in [-0.2, -0.15) is 5.10 Å². The number of nitrogens with zero attached hydrogens (tertiary/aromatic N) is 6. The fraction of sp³-hybridized carbons (Fsp3) is 0.312. The first-order chi connectivity index (χ1) is 11.3. The van der Waals surface area contributed by atoms with Crippen molar-refractivity contribution in [2.45, 2.75) is 25.3 Å². The Morgan fingerprint density at radius 1 is 1.17 bits per heavy atom. The second kappa shape index (κ2) is 5.75. The average molecular weight is 308 g/mol. The summed E-state index contributed by atoms with van der Waals surface area (Å²) in [5.41, 5.74) is 1.25. The molecule has 0 spiro atoms. The molecular formula is C16H16N6O. The summed E-state index contributed by atoms with van der Waals surface area (Å²) in [5, 5.41) is 7.75. The van der Waals surface area contributed by atoms with E-state index in [0.29, 0.717) is 18.0 Å². The second-order valence-corrected chi connectivity index (χ2v) is 5.61. The average Bonchev–Trinajstić information content (AvgIpc) is 3.09.